The van der Waals surface area contributed by atoms with Crippen LogP contribution in [-0.2, 0) is 10.0 Å². The van der Waals surface area contributed by atoms with E-state index in [9.17, 15) is 13.5 Å². The molecule has 12 heteroatoms. The van der Waals surface area contributed by atoms with Gasteiger partial charge in [-0.05, 0) is 37.5 Å². The van der Waals surface area contributed by atoms with Gasteiger partial charge in [0.05, 0.1) is 11.1 Å². The SMILES string of the molecule is CCNc1cccc2c(O)c(S(=O)(=O)N(CC)CC)cc(N=Nc3snc4nc(C)ncc34)c12. The van der Waals surface area contributed by atoms with Gasteiger partial charge in [-0.1, -0.05) is 26.0 Å². The molecule has 10 nitrogen and oxygen atoms in total. The molecule has 0 saturated heterocycles. The van der Waals surface area contributed by atoms with Gasteiger partial charge in [-0.3, -0.25) is 0 Å². The van der Waals surface area contributed by atoms with E-state index in [-0.39, 0.29) is 23.7 Å². The molecule has 0 aliphatic carbocycles. The molecule has 0 atom stereocenters. The Hall–Kier alpha value is -3.22. The first-order valence-electron chi connectivity index (χ1n) is 10.8. The van der Waals surface area contributed by atoms with Crippen molar-refractivity contribution < 1.29 is 13.5 Å². The van der Waals surface area contributed by atoms with E-state index in [0.29, 0.717) is 50.6 Å². The number of aromatic hydroxyl groups is 1. The predicted molar refractivity (Wildman–Crippen MR) is 134 cm³/mol. The minimum atomic E-state index is -3.95. The van der Waals surface area contributed by atoms with Crippen molar-refractivity contribution in [2.75, 3.05) is 25.0 Å². The van der Waals surface area contributed by atoms with Gasteiger partial charge in [-0.15, -0.1) is 10.2 Å². The lowest BCUT2D eigenvalue weighted by Crippen LogP contribution is -2.30. The first-order valence-corrected chi connectivity index (χ1v) is 13.1. The Morgan fingerprint density at radius 3 is 2.62 bits per heavy atom. The normalized spacial score (nSPS) is 12.4. The van der Waals surface area contributed by atoms with E-state index >= 15 is 0 Å². The molecule has 4 aromatic rings. The summed E-state index contributed by atoms with van der Waals surface area (Å²) in [5, 5.41) is 25.2. The largest absolute Gasteiger partial charge is 0.506 e. The highest BCUT2D eigenvalue weighted by Gasteiger charge is 2.28. The predicted octanol–water partition coefficient (Wildman–Crippen LogP) is 5.13. The lowest BCUT2D eigenvalue weighted by molar-refractivity contribution is 0.431. The van der Waals surface area contributed by atoms with Crippen molar-refractivity contribution in [3.63, 3.8) is 0 Å². The summed E-state index contributed by atoms with van der Waals surface area (Å²) in [5.41, 5.74) is 1.55. The lowest BCUT2D eigenvalue weighted by atomic mass is 10.1. The number of phenolic OH excluding ortho intramolecular Hbond substituents is 1. The number of nitrogens with one attached hydrogen (secondary N) is 1. The topological polar surface area (TPSA) is 133 Å². The van der Waals surface area contributed by atoms with Crippen LogP contribution in [0.3, 0.4) is 0 Å². The smallest absolute Gasteiger partial charge is 0.246 e. The van der Waals surface area contributed by atoms with E-state index < -0.39 is 10.0 Å². The van der Waals surface area contributed by atoms with Gasteiger partial charge in [0.15, 0.2) is 10.6 Å². The van der Waals surface area contributed by atoms with Crippen molar-refractivity contribution in [3.8, 4) is 5.75 Å². The van der Waals surface area contributed by atoms with Crippen LogP contribution in [0.2, 0.25) is 0 Å². The summed E-state index contributed by atoms with van der Waals surface area (Å²) in [5.74, 6) is 0.292. The molecule has 0 aliphatic rings. The second-order valence-electron chi connectivity index (χ2n) is 7.43. The molecule has 4 rings (SSSR count). The fraction of sp³-hybridized carbons (Fsp3) is 0.318. The number of aromatic nitrogens is 3. The Kier molecular flexibility index (Phi) is 6.73. The van der Waals surface area contributed by atoms with Crippen molar-refractivity contribution in [3.05, 3.63) is 36.3 Å². The third kappa shape index (κ3) is 4.19. The molecule has 2 aromatic heterocycles. The summed E-state index contributed by atoms with van der Waals surface area (Å²) >= 11 is 1.13. The van der Waals surface area contributed by atoms with Crippen LogP contribution >= 0.6 is 11.5 Å². The Bertz CT molecular complexity index is 1500. The van der Waals surface area contributed by atoms with E-state index in [2.05, 4.69) is 29.9 Å². The number of anilines is 1. The average molecular weight is 500 g/mol. The molecule has 0 fully saturated rings. The highest BCUT2D eigenvalue weighted by Crippen LogP contribution is 2.43. The van der Waals surface area contributed by atoms with Gasteiger partial charge in [0.2, 0.25) is 10.0 Å². The van der Waals surface area contributed by atoms with Crippen LogP contribution in [0.25, 0.3) is 21.8 Å². The van der Waals surface area contributed by atoms with Crippen LogP contribution in [-0.4, -0.2) is 51.8 Å². The number of nitrogens with zero attached hydrogens (tertiary/aromatic N) is 6. The molecule has 2 heterocycles. The van der Waals surface area contributed by atoms with Crippen molar-refractivity contribution >= 4 is 59.7 Å². The number of rotatable bonds is 8. The summed E-state index contributed by atoms with van der Waals surface area (Å²) < 4.78 is 32.2. The van der Waals surface area contributed by atoms with E-state index in [1.807, 2.05) is 13.0 Å². The summed E-state index contributed by atoms with van der Waals surface area (Å²) in [4.78, 5) is 8.29. The molecule has 0 saturated carbocycles. The number of fused-ring (bicyclic) bond motifs is 2. The van der Waals surface area contributed by atoms with Crippen LogP contribution in [0.5, 0.6) is 5.75 Å². The van der Waals surface area contributed by atoms with Gasteiger partial charge < -0.3 is 10.4 Å². The summed E-state index contributed by atoms with van der Waals surface area (Å²) in [6.07, 6.45) is 1.64. The first-order chi connectivity index (χ1) is 16.3. The molecular weight excluding hydrogens is 474 g/mol. The van der Waals surface area contributed by atoms with Crippen molar-refractivity contribution in [2.24, 2.45) is 10.2 Å². The third-order valence-electron chi connectivity index (χ3n) is 5.35. The van der Waals surface area contributed by atoms with Crippen LogP contribution in [0, 0.1) is 6.92 Å². The number of benzene rings is 2. The number of hydrogen-bond donors (Lipinski definition) is 2. The fourth-order valence-electron chi connectivity index (χ4n) is 3.72. The van der Waals surface area contributed by atoms with Crippen molar-refractivity contribution in [1.82, 2.24) is 18.6 Å². The maximum absolute atomic E-state index is 13.3. The minimum Gasteiger partial charge on any atom is -0.506 e. The monoisotopic (exact) mass is 499 g/mol. The highest BCUT2D eigenvalue weighted by atomic mass is 32.2. The Balaban J connectivity index is 1.96. The minimum absolute atomic E-state index is 0.209. The highest BCUT2D eigenvalue weighted by molar-refractivity contribution is 7.89. The molecule has 0 aliphatic heterocycles. The van der Waals surface area contributed by atoms with E-state index in [1.54, 1.807) is 39.1 Å². The number of aryl methyl sites for hydroxylation is 1. The zero-order valence-corrected chi connectivity index (χ0v) is 20.9. The third-order valence-corrected chi connectivity index (χ3v) is 8.16. The maximum atomic E-state index is 13.3. The molecular formula is C22H25N7O3S2. The first kappa shape index (κ1) is 23.9. The fourth-order valence-corrected chi connectivity index (χ4v) is 5.93. The van der Waals surface area contributed by atoms with Crippen LogP contribution in [0.4, 0.5) is 16.4 Å². The summed E-state index contributed by atoms with van der Waals surface area (Å²) in [6, 6.07) is 6.65. The van der Waals surface area contributed by atoms with Gasteiger partial charge in [-0.25, -0.2) is 18.4 Å². The standard InChI is InChI=1S/C22H25N7O3S2/c1-5-23-16-10-8-9-14-19(16)17(11-18(20(14)30)34(31,32)29(6-2)7-3)26-27-22-15-12-24-13(4)25-21(15)28-33-22/h8-12,23,30H,5-7H2,1-4H3. The molecule has 34 heavy (non-hydrogen) atoms. The van der Waals surface area contributed by atoms with Crippen molar-refractivity contribution in [2.45, 2.75) is 32.6 Å². The Morgan fingerprint density at radius 2 is 1.91 bits per heavy atom. The second kappa shape index (κ2) is 9.57. The number of hydrogen-bond acceptors (Lipinski definition) is 10. The molecule has 0 spiro atoms. The van der Waals surface area contributed by atoms with Crippen LogP contribution in [0.1, 0.15) is 26.6 Å². The van der Waals surface area contributed by atoms with Gasteiger partial charge in [-0.2, -0.15) is 8.68 Å². The molecule has 2 N–H and O–H groups in total. The Morgan fingerprint density at radius 1 is 1.15 bits per heavy atom. The lowest BCUT2D eigenvalue weighted by Gasteiger charge is -2.20. The number of sulfonamides is 1. The van der Waals surface area contributed by atoms with E-state index in [4.69, 9.17) is 0 Å². The quantitative estimate of drug-likeness (QED) is 0.321. The zero-order chi connectivity index (χ0) is 24.5. The van der Waals surface area contributed by atoms with Crippen LogP contribution in [0.15, 0.2) is 45.6 Å². The maximum Gasteiger partial charge on any atom is 0.246 e. The van der Waals surface area contributed by atoms with Crippen LogP contribution < -0.4 is 5.32 Å². The van der Waals surface area contributed by atoms with E-state index in [1.165, 1.54) is 10.4 Å². The molecule has 2 aromatic carbocycles. The van der Waals surface area contributed by atoms with Gasteiger partial charge in [0, 0.05) is 42.3 Å². The molecule has 0 amide bonds. The zero-order valence-electron chi connectivity index (χ0n) is 19.3. The number of azo groups is 1. The Labute approximate surface area is 201 Å². The molecule has 0 radical (unpaired) electrons. The average Bonchev–Trinajstić information content (AvgIpc) is 3.21. The second-order valence-corrected chi connectivity index (χ2v) is 10.1. The van der Waals surface area contributed by atoms with Gasteiger partial charge in [0.1, 0.15) is 16.5 Å². The number of phenols is 1. The van der Waals surface area contributed by atoms with Crippen molar-refractivity contribution in [1.29, 1.82) is 0 Å². The van der Waals surface area contributed by atoms with Gasteiger partial charge in [0.25, 0.3) is 0 Å². The van der Waals surface area contributed by atoms with Gasteiger partial charge >= 0.3 is 0 Å². The summed E-state index contributed by atoms with van der Waals surface area (Å²) in [6.45, 7) is 8.41. The van der Waals surface area contributed by atoms with E-state index in [0.717, 1.165) is 11.5 Å². The summed E-state index contributed by atoms with van der Waals surface area (Å²) in [7, 11) is -3.95. The molecule has 0 unspecified atom stereocenters. The molecule has 0 bridgehead atoms. The molecule has 178 valence electrons.